The molecule has 0 nitrogen and oxygen atoms in total. The van der Waals surface area contributed by atoms with Gasteiger partial charge in [-0.25, -0.2) is 0 Å². The lowest BCUT2D eigenvalue weighted by molar-refractivity contribution is 0.350. The molecule has 0 radical (unpaired) electrons. The Morgan fingerprint density at radius 2 is 1.82 bits per heavy atom. The van der Waals surface area contributed by atoms with E-state index in [0.717, 1.165) is 5.92 Å². The Balaban J connectivity index is 1.96. The molecule has 1 aromatic rings. The van der Waals surface area contributed by atoms with Crippen LogP contribution in [-0.4, -0.2) is 4.83 Å². The summed E-state index contributed by atoms with van der Waals surface area (Å²) in [6.45, 7) is 4.40. The average Bonchev–Trinajstić information content (AvgIpc) is 2.35. The van der Waals surface area contributed by atoms with Crippen molar-refractivity contribution in [1.82, 2.24) is 0 Å². The maximum Gasteiger partial charge on any atom is 0.0214 e. The summed E-state index contributed by atoms with van der Waals surface area (Å²) in [6, 6.07) is 6.90. The molecule has 0 spiro atoms. The molecule has 17 heavy (non-hydrogen) atoms. The van der Waals surface area contributed by atoms with Crippen LogP contribution >= 0.6 is 15.9 Å². The second-order valence-corrected chi connectivity index (χ2v) is 6.71. The fourth-order valence-electron chi connectivity index (χ4n) is 2.82. The van der Waals surface area contributed by atoms with Gasteiger partial charge in [0.15, 0.2) is 0 Å². The largest absolute Gasteiger partial charge is 0.0884 e. The van der Waals surface area contributed by atoms with Crippen LogP contribution in [0.5, 0.6) is 0 Å². The van der Waals surface area contributed by atoms with Crippen LogP contribution in [-0.2, 0) is 6.42 Å². The SMILES string of the molecule is Cc1ccc(CC(Br)C2CCCCC2)cc1C. The van der Waals surface area contributed by atoms with Gasteiger partial charge in [0.05, 0.1) is 0 Å². The van der Waals surface area contributed by atoms with Gasteiger partial charge >= 0.3 is 0 Å². The lowest BCUT2D eigenvalue weighted by Gasteiger charge is -2.26. The fraction of sp³-hybridized carbons (Fsp3) is 0.625. The molecule has 0 amide bonds. The highest BCUT2D eigenvalue weighted by atomic mass is 79.9. The normalized spacial score (nSPS) is 19.2. The first-order valence-corrected chi connectivity index (χ1v) is 7.78. The second kappa shape index (κ2) is 6.04. The number of hydrogen-bond acceptors (Lipinski definition) is 0. The number of halogens is 1. The Bertz CT molecular complexity index is 364. The standard InChI is InChI=1S/C16H23Br/c1-12-8-9-14(10-13(12)2)11-16(17)15-6-4-3-5-7-15/h8-10,15-16H,3-7,11H2,1-2H3. The van der Waals surface area contributed by atoms with Gasteiger partial charge in [-0.2, -0.15) is 0 Å². The van der Waals surface area contributed by atoms with Crippen LogP contribution in [0.4, 0.5) is 0 Å². The summed E-state index contributed by atoms with van der Waals surface area (Å²) >= 11 is 3.92. The van der Waals surface area contributed by atoms with Crippen molar-refractivity contribution in [2.75, 3.05) is 0 Å². The number of hydrogen-bond donors (Lipinski definition) is 0. The highest BCUT2D eigenvalue weighted by Gasteiger charge is 2.21. The predicted molar refractivity (Wildman–Crippen MR) is 78.9 cm³/mol. The Morgan fingerprint density at radius 1 is 1.12 bits per heavy atom. The molecule has 94 valence electrons. The predicted octanol–water partition coefficient (Wildman–Crippen LogP) is 5.19. The molecule has 0 heterocycles. The summed E-state index contributed by atoms with van der Waals surface area (Å²) in [5, 5.41) is 0. The highest BCUT2D eigenvalue weighted by Crippen LogP contribution is 2.32. The van der Waals surface area contributed by atoms with Crippen LogP contribution in [0.15, 0.2) is 18.2 Å². The topological polar surface area (TPSA) is 0 Å². The molecule has 0 saturated heterocycles. The van der Waals surface area contributed by atoms with Crippen molar-refractivity contribution < 1.29 is 0 Å². The minimum atomic E-state index is 0.671. The van der Waals surface area contributed by atoms with Crippen molar-refractivity contribution in [2.24, 2.45) is 5.92 Å². The summed E-state index contributed by atoms with van der Waals surface area (Å²) in [5.41, 5.74) is 4.31. The molecule has 1 atom stereocenters. The summed E-state index contributed by atoms with van der Waals surface area (Å²) in [4.78, 5) is 0.671. The monoisotopic (exact) mass is 294 g/mol. The zero-order valence-corrected chi connectivity index (χ0v) is 12.6. The zero-order valence-electron chi connectivity index (χ0n) is 11.0. The fourth-order valence-corrected chi connectivity index (χ4v) is 3.72. The van der Waals surface area contributed by atoms with Crippen molar-refractivity contribution in [3.05, 3.63) is 34.9 Å². The molecule has 0 aromatic heterocycles. The molecule has 1 aliphatic rings. The van der Waals surface area contributed by atoms with Crippen molar-refractivity contribution >= 4 is 15.9 Å². The van der Waals surface area contributed by atoms with E-state index in [-0.39, 0.29) is 0 Å². The van der Waals surface area contributed by atoms with Crippen LogP contribution in [0.3, 0.4) is 0 Å². The molecule has 1 aliphatic carbocycles. The van der Waals surface area contributed by atoms with E-state index in [1.54, 1.807) is 0 Å². The lowest BCUT2D eigenvalue weighted by Crippen LogP contribution is -2.19. The van der Waals surface area contributed by atoms with Crippen molar-refractivity contribution in [3.8, 4) is 0 Å². The molecular formula is C16H23Br. The minimum Gasteiger partial charge on any atom is -0.0884 e. The number of alkyl halides is 1. The first-order valence-electron chi connectivity index (χ1n) is 6.87. The molecule has 2 rings (SSSR count). The third-order valence-electron chi connectivity index (χ3n) is 4.16. The van der Waals surface area contributed by atoms with Crippen molar-refractivity contribution in [2.45, 2.75) is 57.2 Å². The Morgan fingerprint density at radius 3 is 2.47 bits per heavy atom. The first-order chi connectivity index (χ1) is 8.16. The maximum absolute atomic E-state index is 3.92. The van der Waals surface area contributed by atoms with E-state index in [0.29, 0.717) is 4.83 Å². The van der Waals surface area contributed by atoms with Crippen molar-refractivity contribution in [3.63, 3.8) is 0 Å². The molecular weight excluding hydrogens is 272 g/mol. The van der Waals surface area contributed by atoms with Gasteiger partial charge in [-0.1, -0.05) is 53.4 Å². The number of aryl methyl sites for hydroxylation is 2. The average molecular weight is 295 g/mol. The van der Waals surface area contributed by atoms with Gasteiger partial charge in [-0.05, 0) is 55.7 Å². The summed E-state index contributed by atoms with van der Waals surface area (Å²) < 4.78 is 0. The minimum absolute atomic E-state index is 0.671. The molecule has 0 aliphatic heterocycles. The summed E-state index contributed by atoms with van der Waals surface area (Å²) in [6.07, 6.45) is 8.33. The van der Waals surface area contributed by atoms with Gasteiger partial charge in [0, 0.05) is 4.83 Å². The smallest absolute Gasteiger partial charge is 0.0214 e. The lowest BCUT2D eigenvalue weighted by atomic mass is 9.85. The van der Waals surface area contributed by atoms with Gasteiger partial charge in [0.1, 0.15) is 0 Å². The van der Waals surface area contributed by atoms with Crippen LogP contribution in [0, 0.1) is 19.8 Å². The van der Waals surface area contributed by atoms with E-state index in [1.807, 2.05) is 0 Å². The summed E-state index contributed by atoms with van der Waals surface area (Å²) in [7, 11) is 0. The van der Waals surface area contributed by atoms with E-state index < -0.39 is 0 Å². The van der Waals surface area contributed by atoms with E-state index in [9.17, 15) is 0 Å². The number of benzene rings is 1. The Kier molecular flexibility index (Phi) is 4.67. The van der Waals surface area contributed by atoms with Crippen molar-refractivity contribution in [1.29, 1.82) is 0 Å². The highest BCUT2D eigenvalue weighted by molar-refractivity contribution is 9.09. The molecule has 1 heteroatoms. The van der Waals surface area contributed by atoms with E-state index in [2.05, 4.69) is 48.0 Å². The van der Waals surface area contributed by atoms with Gasteiger partial charge in [0.2, 0.25) is 0 Å². The van der Waals surface area contributed by atoms with E-state index in [4.69, 9.17) is 0 Å². The maximum atomic E-state index is 3.92. The van der Waals surface area contributed by atoms with Crippen LogP contribution in [0.1, 0.15) is 48.8 Å². The quantitative estimate of drug-likeness (QED) is 0.673. The molecule has 1 aromatic carbocycles. The van der Waals surface area contributed by atoms with E-state index >= 15 is 0 Å². The number of rotatable bonds is 3. The zero-order chi connectivity index (χ0) is 12.3. The van der Waals surface area contributed by atoms with Crippen LogP contribution in [0.25, 0.3) is 0 Å². The Labute approximate surface area is 114 Å². The van der Waals surface area contributed by atoms with Crippen LogP contribution in [0.2, 0.25) is 0 Å². The molecule has 1 saturated carbocycles. The molecule has 0 bridgehead atoms. The molecule has 1 fully saturated rings. The van der Waals surface area contributed by atoms with Crippen LogP contribution < -0.4 is 0 Å². The summed E-state index contributed by atoms with van der Waals surface area (Å²) in [5.74, 6) is 0.894. The Hall–Kier alpha value is -0.300. The third-order valence-corrected chi connectivity index (χ3v) is 5.23. The first kappa shape index (κ1) is 13.1. The van der Waals surface area contributed by atoms with Gasteiger partial charge < -0.3 is 0 Å². The van der Waals surface area contributed by atoms with E-state index in [1.165, 1.54) is 55.2 Å². The molecule has 1 unspecified atom stereocenters. The third kappa shape index (κ3) is 3.58. The van der Waals surface area contributed by atoms with Gasteiger partial charge in [-0.15, -0.1) is 0 Å². The second-order valence-electron chi connectivity index (χ2n) is 5.54. The van der Waals surface area contributed by atoms with Gasteiger partial charge in [0.25, 0.3) is 0 Å². The molecule has 0 N–H and O–H groups in total. The van der Waals surface area contributed by atoms with Gasteiger partial charge in [-0.3, -0.25) is 0 Å².